The van der Waals surface area contributed by atoms with E-state index in [0.717, 1.165) is 41.1 Å². The Balaban J connectivity index is 2.29. The first-order chi connectivity index (χ1) is 10.2. The van der Waals surface area contributed by atoms with Crippen LogP contribution >= 0.6 is 0 Å². The van der Waals surface area contributed by atoms with Gasteiger partial charge in [-0.25, -0.2) is 0 Å². The van der Waals surface area contributed by atoms with Crippen LogP contribution in [0.15, 0.2) is 24.7 Å². The van der Waals surface area contributed by atoms with Crippen LogP contribution in [-0.4, -0.2) is 28.8 Å². The summed E-state index contributed by atoms with van der Waals surface area (Å²) in [5.41, 5.74) is 4.32. The van der Waals surface area contributed by atoms with Crippen LogP contribution in [0.3, 0.4) is 0 Å². The van der Waals surface area contributed by atoms with Crippen molar-refractivity contribution in [1.82, 2.24) is 20.5 Å². The molecule has 1 N–H and O–H groups in total. The van der Waals surface area contributed by atoms with Crippen LogP contribution in [0.2, 0.25) is 0 Å². The van der Waals surface area contributed by atoms with E-state index in [1.54, 1.807) is 19.5 Å². The van der Waals surface area contributed by atoms with Gasteiger partial charge < -0.3 is 10.1 Å². The number of nitrogens with zero attached hydrogens (tertiary/aromatic N) is 3. The molecule has 0 aliphatic carbocycles. The molecule has 0 saturated heterocycles. The summed E-state index contributed by atoms with van der Waals surface area (Å²) >= 11 is 0. The van der Waals surface area contributed by atoms with Gasteiger partial charge in [0.1, 0.15) is 5.75 Å². The van der Waals surface area contributed by atoms with Gasteiger partial charge in [0.25, 0.3) is 0 Å². The smallest absolute Gasteiger partial charge is 0.128 e. The van der Waals surface area contributed by atoms with Crippen molar-refractivity contribution in [3.8, 4) is 5.75 Å². The van der Waals surface area contributed by atoms with Gasteiger partial charge in [-0.1, -0.05) is 6.92 Å². The summed E-state index contributed by atoms with van der Waals surface area (Å²) in [7, 11) is 1.70. The lowest BCUT2D eigenvalue weighted by Gasteiger charge is -2.19. The van der Waals surface area contributed by atoms with Crippen LogP contribution in [0.4, 0.5) is 0 Å². The van der Waals surface area contributed by atoms with Crippen LogP contribution < -0.4 is 10.1 Å². The number of hydrogen-bond donors (Lipinski definition) is 1. The van der Waals surface area contributed by atoms with E-state index in [-0.39, 0.29) is 6.04 Å². The van der Waals surface area contributed by atoms with Crippen molar-refractivity contribution in [3.63, 3.8) is 0 Å². The molecule has 1 atom stereocenters. The summed E-state index contributed by atoms with van der Waals surface area (Å²) in [4.78, 5) is 4.58. The highest BCUT2D eigenvalue weighted by atomic mass is 16.5. The molecule has 21 heavy (non-hydrogen) atoms. The van der Waals surface area contributed by atoms with Crippen LogP contribution in [0.25, 0.3) is 0 Å². The van der Waals surface area contributed by atoms with E-state index in [2.05, 4.69) is 34.3 Å². The normalized spacial score (nSPS) is 12.2. The van der Waals surface area contributed by atoms with E-state index in [1.807, 2.05) is 19.2 Å². The minimum atomic E-state index is 0.170. The van der Waals surface area contributed by atoms with Crippen molar-refractivity contribution in [1.29, 1.82) is 0 Å². The minimum Gasteiger partial charge on any atom is -0.496 e. The standard InChI is InChI=1S/C16H22N4O/c1-5-17-15(13-6-7-19-20-10-13)8-14-12(3)16(21-4)11(2)9-18-14/h6-7,9-10,15,17H,5,8H2,1-4H3. The summed E-state index contributed by atoms with van der Waals surface area (Å²) in [6.07, 6.45) is 6.18. The monoisotopic (exact) mass is 286 g/mol. The van der Waals surface area contributed by atoms with Gasteiger partial charge in [-0.15, -0.1) is 0 Å². The quantitative estimate of drug-likeness (QED) is 0.883. The van der Waals surface area contributed by atoms with E-state index < -0.39 is 0 Å². The van der Waals surface area contributed by atoms with E-state index in [0.29, 0.717) is 0 Å². The Bertz CT molecular complexity index is 586. The van der Waals surface area contributed by atoms with E-state index >= 15 is 0 Å². The minimum absolute atomic E-state index is 0.170. The summed E-state index contributed by atoms with van der Waals surface area (Å²) in [6, 6.07) is 2.16. The zero-order valence-corrected chi connectivity index (χ0v) is 13.1. The first-order valence-electron chi connectivity index (χ1n) is 7.16. The van der Waals surface area contributed by atoms with Gasteiger partial charge in [0.05, 0.1) is 13.3 Å². The van der Waals surface area contributed by atoms with E-state index in [1.165, 1.54) is 0 Å². The molecule has 1 unspecified atom stereocenters. The number of likely N-dealkylation sites (N-methyl/N-ethyl adjacent to an activating group) is 1. The molecule has 0 aliphatic rings. The molecule has 0 bridgehead atoms. The fraction of sp³-hybridized carbons (Fsp3) is 0.438. The molecule has 0 aliphatic heterocycles. The van der Waals surface area contributed by atoms with Crippen LogP contribution in [0.5, 0.6) is 5.75 Å². The molecule has 0 fully saturated rings. The fourth-order valence-corrected chi connectivity index (χ4v) is 2.53. The largest absolute Gasteiger partial charge is 0.496 e. The zero-order chi connectivity index (χ0) is 15.2. The number of hydrogen-bond acceptors (Lipinski definition) is 5. The van der Waals surface area contributed by atoms with Crippen molar-refractivity contribution in [2.75, 3.05) is 13.7 Å². The lowest BCUT2D eigenvalue weighted by atomic mass is 10.00. The van der Waals surface area contributed by atoms with Gasteiger partial charge in [0.15, 0.2) is 0 Å². The first-order valence-corrected chi connectivity index (χ1v) is 7.16. The van der Waals surface area contributed by atoms with Gasteiger partial charge in [-0.05, 0) is 32.0 Å². The molecule has 5 heteroatoms. The number of ether oxygens (including phenoxy) is 1. The number of pyridine rings is 1. The third-order valence-electron chi connectivity index (χ3n) is 3.61. The second-order valence-electron chi connectivity index (χ2n) is 5.04. The third-order valence-corrected chi connectivity index (χ3v) is 3.61. The summed E-state index contributed by atoms with van der Waals surface area (Å²) in [5, 5.41) is 11.3. The molecular formula is C16H22N4O. The van der Waals surface area contributed by atoms with Crippen molar-refractivity contribution in [2.45, 2.75) is 33.2 Å². The maximum absolute atomic E-state index is 5.48. The predicted molar refractivity (Wildman–Crippen MR) is 82.4 cm³/mol. The van der Waals surface area contributed by atoms with Gasteiger partial charge in [0.2, 0.25) is 0 Å². The van der Waals surface area contributed by atoms with Crippen molar-refractivity contribution < 1.29 is 4.74 Å². The van der Waals surface area contributed by atoms with E-state index in [4.69, 9.17) is 4.74 Å². The molecule has 2 heterocycles. The second kappa shape index (κ2) is 7.13. The molecular weight excluding hydrogens is 264 g/mol. The van der Waals surface area contributed by atoms with Crippen LogP contribution in [0, 0.1) is 13.8 Å². The number of aryl methyl sites for hydroxylation is 1. The molecule has 0 aromatic carbocycles. The van der Waals surface area contributed by atoms with Gasteiger partial charge >= 0.3 is 0 Å². The third kappa shape index (κ3) is 3.55. The molecule has 0 spiro atoms. The Hall–Kier alpha value is -2.01. The second-order valence-corrected chi connectivity index (χ2v) is 5.04. The van der Waals surface area contributed by atoms with Gasteiger partial charge in [-0.3, -0.25) is 4.98 Å². The maximum Gasteiger partial charge on any atom is 0.128 e. The summed E-state index contributed by atoms with van der Waals surface area (Å²) < 4.78 is 5.48. The van der Waals surface area contributed by atoms with Gasteiger partial charge in [-0.2, -0.15) is 10.2 Å². The average Bonchev–Trinajstić information content (AvgIpc) is 2.51. The average molecular weight is 286 g/mol. The topological polar surface area (TPSA) is 59.9 Å². The van der Waals surface area contributed by atoms with Gasteiger partial charge in [0, 0.05) is 41.7 Å². The molecule has 0 radical (unpaired) electrons. The first kappa shape index (κ1) is 15.4. The SMILES string of the molecule is CCNC(Cc1ncc(C)c(OC)c1C)c1ccnnc1. The molecule has 112 valence electrons. The van der Waals surface area contributed by atoms with Crippen LogP contribution in [0.1, 0.15) is 35.3 Å². The lowest BCUT2D eigenvalue weighted by molar-refractivity contribution is 0.406. The highest BCUT2D eigenvalue weighted by Gasteiger charge is 2.16. The lowest BCUT2D eigenvalue weighted by Crippen LogP contribution is -2.24. The predicted octanol–water partition coefficient (Wildman–Crippen LogP) is 2.39. The Labute approximate surface area is 125 Å². The molecule has 2 aromatic rings. The molecule has 0 amide bonds. The summed E-state index contributed by atoms with van der Waals surface area (Å²) in [6.45, 7) is 7.05. The Morgan fingerprint density at radius 1 is 1.24 bits per heavy atom. The Morgan fingerprint density at radius 3 is 2.67 bits per heavy atom. The molecule has 2 aromatic heterocycles. The Morgan fingerprint density at radius 2 is 2.05 bits per heavy atom. The van der Waals surface area contributed by atoms with Crippen molar-refractivity contribution in [2.24, 2.45) is 0 Å². The molecule has 2 rings (SSSR count). The maximum atomic E-state index is 5.48. The fourth-order valence-electron chi connectivity index (χ4n) is 2.53. The van der Waals surface area contributed by atoms with Crippen molar-refractivity contribution in [3.05, 3.63) is 47.0 Å². The Kier molecular flexibility index (Phi) is 5.22. The molecule has 0 saturated carbocycles. The van der Waals surface area contributed by atoms with Crippen molar-refractivity contribution >= 4 is 0 Å². The zero-order valence-electron chi connectivity index (χ0n) is 13.1. The number of nitrogens with one attached hydrogen (secondary N) is 1. The number of rotatable bonds is 6. The van der Waals surface area contributed by atoms with E-state index in [9.17, 15) is 0 Å². The highest BCUT2D eigenvalue weighted by molar-refractivity contribution is 5.41. The highest BCUT2D eigenvalue weighted by Crippen LogP contribution is 2.27. The molecule has 5 nitrogen and oxygen atoms in total. The van der Waals surface area contributed by atoms with Crippen LogP contribution in [-0.2, 0) is 6.42 Å². The number of aromatic nitrogens is 3. The number of methoxy groups -OCH3 is 1. The summed E-state index contributed by atoms with van der Waals surface area (Å²) in [5.74, 6) is 0.920.